The van der Waals surface area contributed by atoms with Gasteiger partial charge < -0.3 is 10.8 Å². The van der Waals surface area contributed by atoms with E-state index in [1.807, 2.05) is 30.3 Å². The second kappa shape index (κ2) is 7.60. The van der Waals surface area contributed by atoms with Crippen LogP contribution in [0.15, 0.2) is 48.5 Å². The first kappa shape index (κ1) is 16.9. The van der Waals surface area contributed by atoms with Gasteiger partial charge in [-0.1, -0.05) is 41.9 Å². The Bertz CT molecular complexity index is 531. The number of aliphatic hydroxyl groups is 1. The summed E-state index contributed by atoms with van der Waals surface area (Å²) in [6.07, 6.45) is -0.379. The molecule has 0 aliphatic heterocycles. The highest BCUT2D eigenvalue weighted by Gasteiger charge is 2.18. The Balaban J connectivity index is 0.00000200. The summed E-state index contributed by atoms with van der Waals surface area (Å²) < 4.78 is 13.3. The molecule has 0 aliphatic rings. The summed E-state index contributed by atoms with van der Waals surface area (Å²) in [4.78, 5) is 0. The van der Waals surface area contributed by atoms with Gasteiger partial charge in [-0.3, -0.25) is 0 Å². The van der Waals surface area contributed by atoms with Crippen LogP contribution in [0, 0.1) is 5.82 Å². The molecule has 0 aromatic heterocycles. The quantitative estimate of drug-likeness (QED) is 0.907. The van der Waals surface area contributed by atoms with Crippen LogP contribution in [0.25, 0.3) is 0 Å². The number of nitrogens with two attached hydrogens (primary N) is 1. The Hall–Kier alpha value is -1.13. The van der Waals surface area contributed by atoms with Gasteiger partial charge in [0.05, 0.1) is 12.1 Å². The molecule has 0 saturated heterocycles. The van der Waals surface area contributed by atoms with Crippen molar-refractivity contribution in [1.82, 2.24) is 0 Å². The Morgan fingerprint density at radius 3 is 2.40 bits per heavy atom. The summed E-state index contributed by atoms with van der Waals surface area (Å²) in [5.74, 6) is -0.454. The predicted molar refractivity (Wildman–Crippen MR) is 81.7 cm³/mol. The third-order valence-electron chi connectivity index (χ3n) is 2.97. The Morgan fingerprint density at radius 2 is 1.80 bits per heavy atom. The molecule has 0 heterocycles. The summed E-state index contributed by atoms with van der Waals surface area (Å²) >= 11 is 5.78. The van der Waals surface area contributed by atoms with Crippen LogP contribution in [0.4, 0.5) is 4.39 Å². The van der Waals surface area contributed by atoms with Gasteiger partial charge in [0.2, 0.25) is 0 Å². The first-order valence-corrected chi connectivity index (χ1v) is 6.37. The van der Waals surface area contributed by atoms with E-state index in [-0.39, 0.29) is 17.4 Å². The fourth-order valence-electron chi connectivity index (χ4n) is 1.97. The molecule has 5 heteroatoms. The molecule has 3 N–H and O–H groups in total. The third-order valence-corrected chi connectivity index (χ3v) is 3.19. The topological polar surface area (TPSA) is 46.2 Å². The molecule has 0 saturated carbocycles. The molecule has 2 aromatic rings. The van der Waals surface area contributed by atoms with Gasteiger partial charge >= 0.3 is 0 Å². The highest BCUT2D eigenvalue weighted by atomic mass is 35.5. The molecule has 0 bridgehead atoms. The maximum absolute atomic E-state index is 13.3. The summed E-state index contributed by atoms with van der Waals surface area (Å²) in [6.45, 7) is 0. The lowest BCUT2D eigenvalue weighted by molar-refractivity contribution is 0.145. The van der Waals surface area contributed by atoms with Crippen molar-refractivity contribution in [1.29, 1.82) is 0 Å². The third kappa shape index (κ3) is 4.46. The maximum atomic E-state index is 13.3. The molecular formula is C15H16Cl2FNO. The Kier molecular flexibility index (Phi) is 6.43. The highest BCUT2D eigenvalue weighted by Crippen LogP contribution is 2.22. The van der Waals surface area contributed by atoms with Crippen LogP contribution in [0.3, 0.4) is 0 Å². The average molecular weight is 316 g/mol. The molecule has 0 radical (unpaired) electrons. The highest BCUT2D eigenvalue weighted by molar-refractivity contribution is 6.30. The van der Waals surface area contributed by atoms with Crippen LogP contribution in [0.1, 0.15) is 17.2 Å². The van der Waals surface area contributed by atoms with Crippen LogP contribution < -0.4 is 5.73 Å². The largest absolute Gasteiger partial charge is 0.391 e. The molecule has 20 heavy (non-hydrogen) atoms. The van der Waals surface area contributed by atoms with E-state index >= 15 is 0 Å². The van der Waals surface area contributed by atoms with Crippen molar-refractivity contribution in [3.05, 3.63) is 70.5 Å². The molecule has 2 atom stereocenters. The van der Waals surface area contributed by atoms with E-state index in [0.29, 0.717) is 12.0 Å². The molecule has 0 spiro atoms. The molecule has 0 amide bonds. The molecule has 0 unspecified atom stereocenters. The summed E-state index contributed by atoms with van der Waals surface area (Å²) in [6, 6.07) is 12.9. The van der Waals surface area contributed by atoms with E-state index in [4.69, 9.17) is 17.3 Å². The van der Waals surface area contributed by atoms with E-state index in [2.05, 4.69) is 0 Å². The lowest BCUT2D eigenvalue weighted by Crippen LogP contribution is -2.28. The summed E-state index contributed by atoms with van der Waals surface area (Å²) in [7, 11) is 0. The van der Waals surface area contributed by atoms with Crippen molar-refractivity contribution >= 4 is 24.0 Å². The first-order valence-electron chi connectivity index (χ1n) is 6.00. The zero-order chi connectivity index (χ0) is 13.8. The standard InChI is InChI=1S/C15H15ClFNO.ClH/c16-12-7-11(8-13(17)9-12)15(18)14(19)6-10-4-2-1-3-5-10;/h1-5,7-9,14-15,19H,6,18H2;1H/t14-,15+;/m1./s1. The van der Waals surface area contributed by atoms with E-state index < -0.39 is 18.0 Å². The van der Waals surface area contributed by atoms with Crippen molar-refractivity contribution in [2.75, 3.05) is 0 Å². The van der Waals surface area contributed by atoms with E-state index in [9.17, 15) is 9.50 Å². The number of hydrogen-bond acceptors (Lipinski definition) is 2. The first-order chi connectivity index (χ1) is 9.06. The second-order valence-electron chi connectivity index (χ2n) is 4.49. The molecule has 2 aromatic carbocycles. The molecule has 0 aliphatic carbocycles. The molecule has 0 fully saturated rings. The summed E-state index contributed by atoms with van der Waals surface area (Å²) in [5.41, 5.74) is 7.42. The smallest absolute Gasteiger partial charge is 0.125 e. The number of halogens is 3. The molecular weight excluding hydrogens is 300 g/mol. The van der Waals surface area contributed by atoms with Crippen molar-refractivity contribution < 1.29 is 9.50 Å². The Morgan fingerprint density at radius 1 is 1.15 bits per heavy atom. The monoisotopic (exact) mass is 315 g/mol. The lowest BCUT2D eigenvalue weighted by Gasteiger charge is -2.19. The van der Waals surface area contributed by atoms with Crippen LogP contribution >= 0.6 is 24.0 Å². The normalized spacial score (nSPS) is 13.4. The zero-order valence-electron chi connectivity index (χ0n) is 10.7. The fraction of sp³-hybridized carbons (Fsp3) is 0.200. The lowest BCUT2D eigenvalue weighted by atomic mass is 9.97. The second-order valence-corrected chi connectivity index (χ2v) is 4.92. The van der Waals surface area contributed by atoms with Gasteiger partial charge in [-0.05, 0) is 29.3 Å². The van der Waals surface area contributed by atoms with Gasteiger partial charge in [0, 0.05) is 11.4 Å². The number of rotatable bonds is 4. The zero-order valence-corrected chi connectivity index (χ0v) is 12.2. The number of aliphatic hydroxyl groups excluding tert-OH is 1. The van der Waals surface area contributed by atoms with Crippen LogP contribution in [0.5, 0.6) is 0 Å². The Labute approximate surface area is 128 Å². The van der Waals surface area contributed by atoms with Gasteiger partial charge in [0.15, 0.2) is 0 Å². The van der Waals surface area contributed by atoms with E-state index in [1.54, 1.807) is 6.07 Å². The van der Waals surface area contributed by atoms with E-state index in [1.165, 1.54) is 12.1 Å². The van der Waals surface area contributed by atoms with E-state index in [0.717, 1.165) is 5.56 Å². The van der Waals surface area contributed by atoms with Crippen molar-refractivity contribution in [2.24, 2.45) is 5.73 Å². The van der Waals surface area contributed by atoms with Gasteiger partial charge in [-0.15, -0.1) is 12.4 Å². The molecule has 2 rings (SSSR count). The van der Waals surface area contributed by atoms with Crippen molar-refractivity contribution in [3.63, 3.8) is 0 Å². The SMILES string of the molecule is Cl.N[C@@H](c1cc(F)cc(Cl)c1)[C@H](O)Cc1ccccc1. The maximum Gasteiger partial charge on any atom is 0.125 e. The summed E-state index contributed by atoms with van der Waals surface area (Å²) in [5, 5.41) is 10.4. The average Bonchev–Trinajstić information content (AvgIpc) is 2.37. The minimum absolute atomic E-state index is 0. The minimum Gasteiger partial charge on any atom is -0.391 e. The number of hydrogen-bond donors (Lipinski definition) is 2. The van der Waals surface area contributed by atoms with Gasteiger partial charge in [-0.2, -0.15) is 0 Å². The van der Waals surface area contributed by atoms with Crippen LogP contribution in [-0.4, -0.2) is 11.2 Å². The number of benzene rings is 2. The molecule has 108 valence electrons. The predicted octanol–water partition coefficient (Wildman–Crippen LogP) is 3.50. The van der Waals surface area contributed by atoms with Gasteiger partial charge in [0.25, 0.3) is 0 Å². The van der Waals surface area contributed by atoms with Gasteiger partial charge in [0.1, 0.15) is 5.82 Å². The van der Waals surface area contributed by atoms with Crippen LogP contribution in [-0.2, 0) is 6.42 Å². The molecule has 2 nitrogen and oxygen atoms in total. The minimum atomic E-state index is -0.791. The van der Waals surface area contributed by atoms with Crippen molar-refractivity contribution in [2.45, 2.75) is 18.6 Å². The van der Waals surface area contributed by atoms with Crippen LogP contribution in [0.2, 0.25) is 5.02 Å². The van der Waals surface area contributed by atoms with Crippen molar-refractivity contribution in [3.8, 4) is 0 Å². The fourth-order valence-corrected chi connectivity index (χ4v) is 2.20. The van der Waals surface area contributed by atoms with Gasteiger partial charge in [-0.25, -0.2) is 4.39 Å².